The van der Waals surface area contributed by atoms with Gasteiger partial charge in [0, 0.05) is 5.56 Å². The number of benzene rings is 1. The first-order valence-electron chi connectivity index (χ1n) is 7.71. The molecule has 3 saturated carbocycles. The molecule has 0 radical (unpaired) electrons. The van der Waals surface area contributed by atoms with Gasteiger partial charge in [-0.3, -0.25) is 0 Å². The smallest absolute Gasteiger partial charge is 0.133 e. The van der Waals surface area contributed by atoms with E-state index >= 15 is 0 Å². The van der Waals surface area contributed by atoms with Crippen LogP contribution in [0, 0.1) is 29.6 Å². The van der Waals surface area contributed by atoms with Gasteiger partial charge in [0.15, 0.2) is 0 Å². The number of hydrogen-bond acceptors (Lipinski definition) is 2. The molecule has 21 heavy (non-hydrogen) atoms. The maximum Gasteiger partial charge on any atom is 0.133 e. The Kier molecular flexibility index (Phi) is 3.42. The van der Waals surface area contributed by atoms with Crippen molar-refractivity contribution in [3.8, 4) is 11.5 Å². The van der Waals surface area contributed by atoms with Crippen LogP contribution in [-0.2, 0) is 0 Å². The molecule has 2 nitrogen and oxygen atoms in total. The molecule has 3 fully saturated rings. The Morgan fingerprint density at radius 3 is 2.29 bits per heavy atom. The molecule has 4 heteroatoms. The van der Waals surface area contributed by atoms with E-state index in [4.69, 9.17) is 21.1 Å². The fourth-order valence-electron chi connectivity index (χ4n) is 5.09. The minimum atomic E-state index is 0.0420. The molecule has 3 aliphatic rings. The van der Waals surface area contributed by atoms with Crippen LogP contribution in [0.3, 0.4) is 0 Å². The van der Waals surface area contributed by atoms with Gasteiger partial charge in [0.05, 0.1) is 24.1 Å². The van der Waals surface area contributed by atoms with Gasteiger partial charge in [0.2, 0.25) is 0 Å². The van der Waals surface area contributed by atoms with E-state index in [-0.39, 0.29) is 5.38 Å². The Balaban J connectivity index is 1.64. The molecule has 1 aromatic carbocycles. The van der Waals surface area contributed by atoms with Crippen LogP contribution in [0.1, 0.15) is 30.2 Å². The van der Waals surface area contributed by atoms with Crippen molar-refractivity contribution in [2.24, 2.45) is 29.6 Å². The van der Waals surface area contributed by atoms with Gasteiger partial charge >= 0.3 is 0 Å². The minimum absolute atomic E-state index is 0.0420. The van der Waals surface area contributed by atoms with Crippen molar-refractivity contribution < 1.29 is 9.47 Å². The predicted molar refractivity (Wildman–Crippen MR) is 87.1 cm³/mol. The van der Waals surface area contributed by atoms with Gasteiger partial charge in [-0.1, -0.05) is 0 Å². The topological polar surface area (TPSA) is 18.5 Å². The van der Waals surface area contributed by atoms with Gasteiger partial charge in [-0.2, -0.15) is 0 Å². The molecule has 0 aliphatic heterocycles. The van der Waals surface area contributed by atoms with E-state index in [1.54, 1.807) is 14.2 Å². The van der Waals surface area contributed by atoms with Gasteiger partial charge in [0.25, 0.3) is 0 Å². The zero-order chi connectivity index (χ0) is 14.7. The fourth-order valence-corrected chi connectivity index (χ4v) is 6.08. The number of ether oxygens (including phenoxy) is 2. The van der Waals surface area contributed by atoms with Crippen molar-refractivity contribution >= 4 is 27.5 Å². The average molecular weight is 372 g/mol. The standard InChI is InChI=1S/C17H20BrClO2/c1-20-12-7-11(18)13(21-2)6-10(12)17(19)16-14-8-3-4-9(5-8)15(14)16/h6-9,14-17H,3-5H2,1-2H3. The van der Waals surface area contributed by atoms with Gasteiger partial charge in [0.1, 0.15) is 11.5 Å². The van der Waals surface area contributed by atoms with Gasteiger partial charge in [-0.05, 0) is 76.9 Å². The van der Waals surface area contributed by atoms with E-state index in [1.165, 1.54) is 19.3 Å². The molecule has 2 bridgehead atoms. The van der Waals surface area contributed by atoms with Crippen LogP contribution in [-0.4, -0.2) is 14.2 Å². The highest BCUT2D eigenvalue weighted by molar-refractivity contribution is 9.10. The first-order chi connectivity index (χ1) is 10.2. The molecule has 0 saturated heterocycles. The second-order valence-electron chi connectivity index (χ2n) is 6.70. The summed E-state index contributed by atoms with van der Waals surface area (Å²) in [5.41, 5.74) is 1.08. The van der Waals surface area contributed by atoms with Crippen LogP contribution in [0.15, 0.2) is 16.6 Å². The monoisotopic (exact) mass is 370 g/mol. The SMILES string of the molecule is COc1cc(C(Cl)C2C3C4CCC(C4)C32)c(OC)cc1Br. The Morgan fingerprint density at radius 2 is 1.71 bits per heavy atom. The molecule has 0 spiro atoms. The van der Waals surface area contributed by atoms with Gasteiger partial charge in [-0.15, -0.1) is 11.6 Å². The van der Waals surface area contributed by atoms with Crippen LogP contribution in [0.2, 0.25) is 0 Å². The molecule has 5 unspecified atom stereocenters. The highest BCUT2D eigenvalue weighted by Crippen LogP contribution is 2.73. The lowest BCUT2D eigenvalue weighted by Gasteiger charge is -2.19. The molecule has 0 aromatic heterocycles. The zero-order valence-electron chi connectivity index (χ0n) is 12.3. The summed E-state index contributed by atoms with van der Waals surface area (Å²) in [5, 5.41) is 0.0420. The number of halogens is 2. The highest BCUT2D eigenvalue weighted by atomic mass is 79.9. The molecular weight excluding hydrogens is 352 g/mol. The molecule has 0 N–H and O–H groups in total. The maximum atomic E-state index is 6.88. The molecule has 3 aliphatic carbocycles. The van der Waals surface area contributed by atoms with E-state index in [2.05, 4.69) is 15.9 Å². The van der Waals surface area contributed by atoms with Crippen LogP contribution in [0.5, 0.6) is 11.5 Å². The van der Waals surface area contributed by atoms with Crippen LogP contribution in [0.25, 0.3) is 0 Å². The summed E-state index contributed by atoms with van der Waals surface area (Å²) in [6.07, 6.45) is 4.30. The van der Waals surface area contributed by atoms with Crippen LogP contribution < -0.4 is 9.47 Å². The molecule has 5 atom stereocenters. The molecule has 0 heterocycles. The van der Waals surface area contributed by atoms with Crippen molar-refractivity contribution in [3.63, 3.8) is 0 Å². The largest absolute Gasteiger partial charge is 0.496 e. The third-order valence-electron chi connectivity index (χ3n) is 5.93. The molecule has 114 valence electrons. The Bertz CT molecular complexity index is 560. The van der Waals surface area contributed by atoms with Gasteiger partial charge < -0.3 is 9.47 Å². The number of hydrogen-bond donors (Lipinski definition) is 0. The summed E-state index contributed by atoms with van der Waals surface area (Å²) >= 11 is 10.4. The van der Waals surface area contributed by atoms with E-state index in [1.807, 2.05) is 12.1 Å². The molecule has 4 rings (SSSR count). The Morgan fingerprint density at radius 1 is 1.10 bits per heavy atom. The zero-order valence-corrected chi connectivity index (χ0v) is 14.7. The fraction of sp³-hybridized carbons (Fsp3) is 0.647. The highest BCUT2D eigenvalue weighted by Gasteiger charge is 2.66. The minimum Gasteiger partial charge on any atom is -0.496 e. The van der Waals surface area contributed by atoms with Crippen molar-refractivity contribution in [2.45, 2.75) is 24.6 Å². The lowest BCUT2D eigenvalue weighted by molar-refractivity contribution is 0.390. The average Bonchev–Trinajstić information content (AvgIpc) is 2.93. The molecular formula is C17H20BrClO2. The summed E-state index contributed by atoms with van der Waals surface area (Å²) in [6.45, 7) is 0. The number of fused-ring (bicyclic) bond motifs is 5. The summed E-state index contributed by atoms with van der Waals surface area (Å²) in [6, 6.07) is 4.01. The number of alkyl halides is 1. The Hall–Kier alpha value is -0.410. The first kappa shape index (κ1) is 14.2. The second-order valence-corrected chi connectivity index (χ2v) is 8.02. The van der Waals surface area contributed by atoms with E-state index in [9.17, 15) is 0 Å². The molecule has 0 amide bonds. The number of rotatable bonds is 4. The van der Waals surface area contributed by atoms with E-state index < -0.39 is 0 Å². The Labute approximate surface area is 139 Å². The van der Waals surface area contributed by atoms with E-state index in [0.717, 1.165) is 45.2 Å². The van der Waals surface area contributed by atoms with Crippen molar-refractivity contribution in [1.29, 1.82) is 0 Å². The molecule has 1 aromatic rings. The lowest BCUT2D eigenvalue weighted by atomic mass is 9.96. The summed E-state index contributed by atoms with van der Waals surface area (Å²) < 4.78 is 11.9. The quantitative estimate of drug-likeness (QED) is 0.690. The summed E-state index contributed by atoms with van der Waals surface area (Å²) in [5.74, 6) is 5.93. The predicted octanol–water partition coefficient (Wildman–Crippen LogP) is 5.04. The van der Waals surface area contributed by atoms with E-state index in [0.29, 0.717) is 5.92 Å². The second kappa shape index (κ2) is 5.06. The number of methoxy groups -OCH3 is 2. The third-order valence-corrected chi connectivity index (χ3v) is 7.08. The third kappa shape index (κ3) is 2.03. The van der Waals surface area contributed by atoms with Crippen LogP contribution in [0.4, 0.5) is 0 Å². The van der Waals surface area contributed by atoms with Crippen molar-refractivity contribution in [3.05, 3.63) is 22.2 Å². The van der Waals surface area contributed by atoms with Crippen molar-refractivity contribution in [2.75, 3.05) is 14.2 Å². The normalized spacial score (nSPS) is 37.2. The first-order valence-corrected chi connectivity index (χ1v) is 8.94. The van der Waals surface area contributed by atoms with Gasteiger partial charge in [-0.25, -0.2) is 0 Å². The van der Waals surface area contributed by atoms with Crippen molar-refractivity contribution in [1.82, 2.24) is 0 Å². The summed E-state index contributed by atoms with van der Waals surface area (Å²) in [7, 11) is 3.39. The summed E-state index contributed by atoms with van der Waals surface area (Å²) in [4.78, 5) is 0. The van der Waals surface area contributed by atoms with Crippen LogP contribution >= 0.6 is 27.5 Å². The lowest BCUT2D eigenvalue weighted by Crippen LogP contribution is -2.06. The maximum absolute atomic E-state index is 6.88.